The molecule has 0 amide bonds. The molecular formula is C20H28N4O2. The Hall–Kier alpha value is -2.76. The zero-order valence-electron chi connectivity index (χ0n) is 16.0. The van der Waals surface area contributed by atoms with E-state index in [0.717, 1.165) is 35.4 Å². The molecule has 2 aromatic rings. The smallest absolute Gasteiger partial charge is 0.191 e. The SMILES string of the molecule is CCNC(=NCc1cccc(C)n1)NCC(C)Oc1ccccc1OC. The summed E-state index contributed by atoms with van der Waals surface area (Å²) in [5.41, 5.74) is 1.94. The van der Waals surface area contributed by atoms with Gasteiger partial charge >= 0.3 is 0 Å². The first-order valence-electron chi connectivity index (χ1n) is 8.86. The van der Waals surface area contributed by atoms with Crippen LogP contribution in [0.4, 0.5) is 0 Å². The van der Waals surface area contributed by atoms with Crippen molar-refractivity contribution in [2.45, 2.75) is 33.4 Å². The Labute approximate surface area is 155 Å². The van der Waals surface area contributed by atoms with Crippen molar-refractivity contribution in [3.63, 3.8) is 0 Å². The van der Waals surface area contributed by atoms with Gasteiger partial charge in [0.1, 0.15) is 6.10 Å². The predicted octanol–water partition coefficient (Wildman–Crippen LogP) is 2.92. The fraction of sp³-hybridized carbons (Fsp3) is 0.400. The summed E-state index contributed by atoms with van der Waals surface area (Å²) in [4.78, 5) is 9.06. The van der Waals surface area contributed by atoms with Crippen LogP contribution in [0.3, 0.4) is 0 Å². The lowest BCUT2D eigenvalue weighted by Gasteiger charge is -2.19. The van der Waals surface area contributed by atoms with Crippen molar-refractivity contribution in [3.8, 4) is 11.5 Å². The number of para-hydroxylation sites is 2. The van der Waals surface area contributed by atoms with Gasteiger partial charge in [0.05, 0.1) is 25.9 Å². The molecule has 0 saturated carbocycles. The van der Waals surface area contributed by atoms with Gasteiger partial charge in [0.2, 0.25) is 0 Å². The third-order valence-corrected chi connectivity index (χ3v) is 3.64. The molecule has 140 valence electrons. The van der Waals surface area contributed by atoms with Crippen LogP contribution in [0.5, 0.6) is 11.5 Å². The monoisotopic (exact) mass is 356 g/mol. The molecule has 0 saturated heterocycles. The number of nitrogens with zero attached hydrogens (tertiary/aromatic N) is 2. The molecular weight excluding hydrogens is 328 g/mol. The van der Waals surface area contributed by atoms with Gasteiger partial charge in [-0.2, -0.15) is 0 Å². The average Bonchev–Trinajstić information content (AvgIpc) is 2.64. The molecule has 2 rings (SSSR count). The van der Waals surface area contributed by atoms with Crippen molar-refractivity contribution in [1.82, 2.24) is 15.6 Å². The molecule has 0 aliphatic carbocycles. The molecule has 1 heterocycles. The predicted molar refractivity (Wildman–Crippen MR) is 105 cm³/mol. The summed E-state index contributed by atoms with van der Waals surface area (Å²) in [7, 11) is 1.64. The summed E-state index contributed by atoms with van der Waals surface area (Å²) in [6, 6.07) is 13.6. The number of pyridine rings is 1. The van der Waals surface area contributed by atoms with Crippen molar-refractivity contribution in [3.05, 3.63) is 53.9 Å². The lowest BCUT2D eigenvalue weighted by Crippen LogP contribution is -2.41. The molecule has 0 radical (unpaired) electrons. The van der Waals surface area contributed by atoms with E-state index in [9.17, 15) is 0 Å². The van der Waals surface area contributed by atoms with E-state index in [0.29, 0.717) is 13.1 Å². The van der Waals surface area contributed by atoms with Gasteiger partial charge in [-0.15, -0.1) is 0 Å². The molecule has 2 N–H and O–H groups in total. The normalized spacial score (nSPS) is 12.4. The third kappa shape index (κ3) is 6.27. The molecule has 0 fully saturated rings. The van der Waals surface area contributed by atoms with E-state index in [1.54, 1.807) is 7.11 Å². The molecule has 6 heteroatoms. The summed E-state index contributed by atoms with van der Waals surface area (Å²) in [5.74, 6) is 2.20. The number of aromatic nitrogens is 1. The Morgan fingerprint density at radius 3 is 2.58 bits per heavy atom. The van der Waals surface area contributed by atoms with Crippen molar-refractivity contribution >= 4 is 5.96 Å². The number of aliphatic imine (C=N–C) groups is 1. The highest BCUT2D eigenvalue weighted by atomic mass is 16.5. The number of guanidine groups is 1. The maximum absolute atomic E-state index is 5.96. The molecule has 1 atom stereocenters. The number of rotatable bonds is 8. The molecule has 1 unspecified atom stereocenters. The zero-order chi connectivity index (χ0) is 18.8. The van der Waals surface area contributed by atoms with Crippen LogP contribution in [0.1, 0.15) is 25.2 Å². The van der Waals surface area contributed by atoms with Crippen LogP contribution in [-0.4, -0.2) is 37.2 Å². The molecule has 6 nitrogen and oxygen atoms in total. The van der Waals surface area contributed by atoms with Gasteiger partial charge in [0, 0.05) is 12.2 Å². The Morgan fingerprint density at radius 1 is 1.12 bits per heavy atom. The van der Waals surface area contributed by atoms with Crippen LogP contribution < -0.4 is 20.1 Å². The fourth-order valence-electron chi connectivity index (χ4n) is 2.40. The Balaban J connectivity index is 1.91. The van der Waals surface area contributed by atoms with Crippen molar-refractivity contribution in [1.29, 1.82) is 0 Å². The molecule has 0 spiro atoms. The van der Waals surface area contributed by atoms with Crippen LogP contribution in [0.25, 0.3) is 0 Å². The quantitative estimate of drug-likeness (QED) is 0.562. The first-order valence-corrected chi connectivity index (χ1v) is 8.86. The van der Waals surface area contributed by atoms with Gasteiger partial charge in [-0.3, -0.25) is 4.98 Å². The van der Waals surface area contributed by atoms with Crippen molar-refractivity contribution in [2.75, 3.05) is 20.2 Å². The number of hydrogen-bond donors (Lipinski definition) is 2. The minimum atomic E-state index is -0.0488. The van der Waals surface area contributed by atoms with Crippen LogP contribution in [-0.2, 0) is 6.54 Å². The van der Waals surface area contributed by atoms with E-state index >= 15 is 0 Å². The number of methoxy groups -OCH3 is 1. The van der Waals surface area contributed by atoms with E-state index in [2.05, 4.69) is 20.6 Å². The van der Waals surface area contributed by atoms with E-state index in [1.165, 1.54) is 0 Å². The largest absolute Gasteiger partial charge is 0.493 e. The third-order valence-electron chi connectivity index (χ3n) is 3.64. The average molecular weight is 356 g/mol. The van der Waals surface area contributed by atoms with Gasteiger partial charge in [-0.1, -0.05) is 18.2 Å². The standard InChI is InChI=1S/C20H28N4O2/c1-5-21-20(23-14-17-10-8-9-15(2)24-17)22-13-16(3)26-19-12-7-6-11-18(19)25-4/h6-12,16H,5,13-14H2,1-4H3,(H2,21,22,23). The van der Waals surface area contributed by atoms with Crippen molar-refractivity contribution < 1.29 is 9.47 Å². The minimum absolute atomic E-state index is 0.0488. The Bertz CT molecular complexity index is 718. The summed E-state index contributed by atoms with van der Waals surface area (Å²) < 4.78 is 11.3. The van der Waals surface area contributed by atoms with E-state index in [-0.39, 0.29) is 6.10 Å². The van der Waals surface area contributed by atoms with E-state index in [4.69, 9.17) is 9.47 Å². The summed E-state index contributed by atoms with van der Waals surface area (Å²) >= 11 is 0. The minimum Gasteiger partial charge on any atom is -0.493 e. The summed E-state index contributed by atoms with van der Waals surface area (Å²) in [6.07, 6.45) is -0.0488. The highest BCUT2D eigenvalue weighted by molar-refractivity contribution is 5.79. The Morgan fingerprint density at radius 2 is 1.88 bits per heavy atom. The number of aryl methyl sites for hydroxylation is 1. The summed E-state index contributed by atoms with van der Waals surface area (Å²) in [6.45, 7) is 7.95. The number of ether oxygens (including phenoxy) is 2. The highest BCUT2D eigenvalue weighted by Gasteiger charge is 2.09. The topological polar surface area (TPSA) is 67.8 Å². The van der Waals surface area contributed by atoms with Crippen molar-refractivity contribution in [2.24, 2.45) is 4.99 Å². The second-order valence-electron chi connectivity index (χ2n) is 5.93. The lowest BCUT2D eigenvalue weighted by atomic mass is 10.3. The molecule has 1 aromatic heterocycles. The van der Waals surface area contributed by atoms with Gasteiger partial charge in [-0.05, 0) is 45.0 Å². The number of nitrogens with one attached hydrogen (secondary N) is 2. The van der Waals surface area contributed by atoms with E-state index < -0.39 is 0 Å². The van der Waals surface area contributed by atoms with Gasteiger partial charge < -0.3 is 20.1 Å². The second-order valence-corrected chi connectivity index (χ2v) is 5.93. The maximum Gasteiger partial charge on any atom is 0.191 e. The van der Waals surface area contributed by atoms with Crippen LogP contribution in [0.15, 0.2) is 47.5 Å². The fourth-order valence-corrected chi connectivity index (χ4v) is 2.40. The molecule has 0 aliphatic rings. The van der Waals surface area contributed by atoms with Gasteiger partial charge in [0.25, 0.3) is 0 Å². The maximum atomic E-state index is 5.96. The molecule has 0 aliphatic heterocycles. The van der Waals surface area contributed by atoms with Crippen LogP contribution in [0.2, 0.25) is 0 Å². The number of hydrogen-bond acceptors (Lipinski definition) is 4. The number of benzene rings is 1. The first-order chi connectivity index (χ1) is 12.6. The van der Waals surface area contributed by atoms with Crippen LogP contribution >= 0.6 is 0 Å². The highest BCUT2D eigenvalue weighted by Crippen LogP contribution is 2.26. The lowest BCUT2D eigenvalue weighted by molar-refractivity contribution is 0.213. The second kappa shape index (κ2) is 10.3. The van der Waals surface area contributed by atoms with Crippen LogP contribution in [0, 0.1) is 6.92 Å². The Kier molecular flexibility index (Phi) is 7.74. The van der Waals surface area contributed by atoms with Gasteiger partial charge in [0.15, 0.2) is 17.5 Å². The molecule has 0 bridgehead atoms. The van der Waals surface area contributed by atoms with Gasteiger partial charge in [-0.25, -0.2) is 4.99 Å². The van der Waals surface area contributed by atoms with E-state index in [1.807, 2.05) is 63.2 Å². The molecule has 1 aromatic carbocycles. The molecule has 26 heavy (non-hydrogen) atoms. The summed E-state index contributed by atoms with van der Waals surface area (Å²) in [5, 5.41) is 6.55. The zero-order valence-corrected chi connectivity index (χ0v) is 16.0. The first kappa shape index (κ1) is 19.6.